The molecule has 2 aromatic carbocycles. The van der Waals surface area contributed by atoms with Gasteiger partial charge in [0.1, 0.15) is 59.4 Å². The first kappa shape index (κ1) is 42.5. The topological polar surface area (TPSA) is 236 Å². The van der Waals surface area contributed by atoms with Gasteiger partial charge in [-0.15, -0.1) is 0 Å². The number of nitrogens with one attached hydrogen (secondary N) is 2. The van der Waals surface area contributed by atoms with E-state index in [1.165, 1.54) is 30.3 Å². The van der Waals surface area contributed by atoms with Gasteiger partial charge in [0.05, 0.1) is 23.7 Å². The zero-order chi connectivity index (χ0) is 42.1. The van der Waals surface area contributed by atoms with Gasteiger partial charge < -0.3 is 55.3 Å². The second kappa shape index (κ2) is 17.5. The SMILES string of the molecule is CCC1C2=CC=NC2=CN1c1c2c(cc3c(=O)cc(C)oc13)CC(OOCC(O)(Cc1ccc(O)cc1)C(O)C(O)C(O)CO)C(CCNC)(CCC1CNC(=O)C1)O2. The van der Waals surface area contributed by atoms with E-state index < -0.39 is 48.8 Å². The summed E-state index contributed by atoms with van der Waals surface area (Å²) in [6.07, 6.45) is 1.38. The van der Waals surface area contributed by atoms with Gasteiger partial charge in [0.25, 0.3) is 0 Å². The number of aliphatic hydroxyl groups is 5. The van der Waals surface area contributed by atoms with Crippen molar-refractivity contribution in [1.82, 2.24) is 10.6 Å². The summed E-state index contributed by atoms with van der Waals surface area (Å²) < 4.78 is 13.7. The molecule has 4 aliphatic heterocycles. The van der Waals surface area contributed by atoms with Gasteiger partial charge in [-0.25, -0.2) is 9.78 Å². The number of aryl methyl sites for hydroxylation is 1. The van der Waals surface area contributed by atoms with Gasteiger partial charge in [0, 0.05) is 61.8 Å². The first-order valence-electron chi connectivity index (χ1n) is 20.2. The van der Waals surface area contributed by atoms with E-state index in [9.17, 15) is 40.2 Å². The molecule has 59 heavy (non-hydrogen) atoms. The highest BCUT2D eigenvalue weighted by atomic mass is 17.2. The molecule has 0 bridgehead atoms. The number of aliphatic hydroxyl groups excluding tert-OH is 4. The number of aliphatic imine (C=N–C) groups is 1. The van der Waals surface area contributed by atoms with Gasteiger partial charge in [-0.3, -0.25) is 14.6 Å². The Labute approximate surface area is 341 Å². The molecule has 5 heterocycles. The van der Waals surface area contributed by atoms with E-state index in [4.69, 9.17) is 18.9 Å². The predicted molar refractivity (Wildman–Crippen MR) is 217 cm³/mol. The summed E-state index contributed by atoms with van der Waals surface area (Å²) in [6.45, 7) is 3.20. The maximum Gasteiger partial charge on any atom is 0.220 e. The van der Waals surface area contributed by atoms with Crippen molar-refractivity contribution in [3.05, 3.63) is 87.1 Å². The highest BCUT2D eigenvalue weighted by Gasteiger charge is 2.50. The molecule has 7 rings (SSSR count). The molecule has 16 nitrogen and oxygen atoms in total. The summed E-state index contributed by atoms with van der Waals surface area (Å²) in [5.41, 5.74) is 0.246. The fourth-order valence-corrected chi connectivity index (χ4v) is 8.73. The summed E-state index contributed by atoms with van der Waals surface area (Å²) in [6, 6.07) is 8.90. The van der Waals surface area contributed by atoms with Crippen LogP contribution >= 0.6 is 0 Å². The summed E-state index contributed by atoms with van der Waals surface area (Å²) in [4.78, 5) is 44.8. The van der Waals surface area contributed by atoms with Crippen LogP contribution in [0.1, 0.15) is 55.9 Å². The van der Waals surface area contributed by atoms with Gasteiger partial charge in [-0.05, 0) is 75.5 Å². The Bertz CT molecular complexity index is 2170. The summed E-state index contributed by atoms with van der Waals surface area (Å²) >= 11 is 0. The van der Waals surface area contributed by atoms with Gasteiger partial charge in [0.15, 0.2) is 16.8 Å². The molecular formula is C43H54N4O12. The van der Waals surface area contributed by atoms with E-state index in [0.29, 0.717) is 84.5 Å². The minimum Gasteiger partial charge on any atom is -0.508 e. The number of carbonyl (C=O) groups excluding carboxylic acids is 1. The molecule has 1 saturated heterocycles. The Morgan fingerprint density at radius 2 is 1.92 bits per heavy atom. The molecule has 16 heteroatoms. The van der Waals surface area contributed by atoms with Crippen molar-refractivity contribution in [3.63, 3.8) is 0 Å². The Kier molecular flexibility index (Phi) is 12.6. The van der Waals surface area contributed by atoms with Gasteiger partial charge in [0.2, 0.25) is 5.91 Å². The average molecular weight is 819 g/mol. The second-order valence-corrected chi connectivity index (χ2v) is 16.2. The number of phenols is 1. The predicted octanol–water partition coefficient (Wildman–Crippen LogP) is 1.82. The van der Waals surface area contributed by atoms with Crippen LogP contribution in [0, 0.1) is 12.8 Å². The fourth-order valence-electron chi connectivity index (χ4n) is 8.73. The van der Waals surface area contributed by atoms with Crippen LogP contribution in [0.15, 0.2) is 74.1 Å². The molecule has 1 fully saturated rings. The minimum absolute atomic E-state index is 0.0229. The minimum atomic E-state index is -2.28. The molecule has 0 spiro atoms. The molecule has 1 amide bonds. The quantitative estimate of drug-likeness (QED) is 0.0676. The van der Waals surface area contributed by atoms with Crippen LogP contribution in [-0.4, -0.2) is 118 Å². The van der Waals surface area contributed by atoms with E-state index >= 15 is 0 Å². The molecule has 8 unspecified atom stereocenters. The zero-order valence-corrected chi connectivity index (χ0v) is 33.5. The fraction of sp³-hybridized carbons (Fsp3) is 0.512. The standard InChI is InChI=1S/C43H54N4O12/c1-4-32-29-10-13-45-31(29)21-47(32)37-39-27(17-30-33(50)15-24(2)57-40(30)37)18-35(43(58-39,12-14-44-3)11-9-26-16-36(52)46-20-26)59-56-23-42(55,41(54)38(53)34(51)22-48)19-25-5-7-28(49)8-6-25/h5-8,10,13,15,17,21,26,32,34-35,38,41,44,48-49,51,53-55H,4,9,11-12,14,16,18-20,22-23H2,1-3H3,(H,46,52). The van der Waals surface area contributed by atoms with Crippen LogP contribution in [0.3, 0.4) is 0 Å². The molecule has 4 aliphatic rings. The molecular weight excluding hydrogens is 764 g/mol. The highest BCUT2D eigenvalue weighted by molar-refractivity contribution is 5.96. The first-order chi connectivity index (χ1) is 28.3. The van der Waals surface area contributed by atoms with E-state index in [1.54, 1.807) is 19.2 Å². The maximum absolute atomic E-state index is 13.7. The summed E-state index contributed by atoms with van der Waals surface area (Å²) in [5.74, 6) is 0.914. The summed E-state index contributed by atoms with van der Waals surface area (Å²) in [7, 11) is 1.82. The van der Waals surface area contributed by atoms with Crippen molar-refractivity contribution in [2.45, 2.75) is 100 Å². The van der Waals surface area contributed by atoms with Crippen molar-refractivity contribution in [2.24, 2.45) is 10.9 Å². The number of hydrogen-bond donors (Lipinski definition) is 8. The van der Waals surface area contributed by atoms with Crippen molar-refractivity contribution in [2.75, 3.05) is 38.3 Å². The Morgan fingerprint density at radius 1 is 1.14 bits per heavy atom. The number of fused-ring (bicyclic) bond motifs is 3. The number of carbonyl (C=O) groups is 1. The Balaban J connectivity index is 1.30. The summed E-state index contributed by atoms with van der Waals surface area (Å²) in [5, 5.41) is 70.1. The van der Waals surface area contributed by atoms with Crippen LogP contribution in [0.2, 0.25) is 0 Å². The first-order valence-corrected chi connectivity index (χ1v) is 20.2. The molecule has 8 atom stereocenters. The number of amides is 1. The van der Waals surface area contributed by atoms with E-state index in [2.05, 4.69) is 27.4 Å². The molecule has 0 saturated carbocycles. The number of ether oxygens (including phenoxy) is 1. The van der Waals surface area contributed by atoms with Gasteiger partial charge in [-0.2, -0.15) is 0 Å². The van der Waals surface area contributed by atoms with Crippen LogP contribution in [0.5, 0.6) is 11.5 Å². The van der Waals surface area contributed by atoms with E-state index in [0.717, 1.165) is 11.3 Å². The lowest BCUT2D eigenvalue weighted by Gasteiger charge is -2.46. The molecule has 0 radical (unpaired) electrons. The molecule has 8 N–H and O–H groups in total. The number of anilines is 1. The van der Waals surface area contributed by atoms with Crippen molar-refractivity contribution in [3.8, 4) is 11.5 Å². The lowest BCUT2D eigenvalue weighted by molar-refractivity contribution is -0.373. The number of nitrogens with zero attached hydrogens (tertiary/aromatic N) is 2. The lowest BCUT2D eigenvalue weighted by atomic mass is 9.79. The monoisotopic (exact) mass is 818 g/mol. The average Bonchev–Trinajstić information content (AvgIpc) is 3.95. The number of aromatic hydroxyl groups is 1. The van der Waals surface area contributed by atoms with Crippen molar-refractivity contribution in [1.29, 1.82) is 0 Å². The van der Waals surface area contributed by atoms with Crippen LogP contribution in [0.25, 0.3) is 11.0 Å². The largest absolute Gasteiger partial charge is 0.508 e. The van der Waals surface area contributed by atoms with Crippen molar-refractivity contribution < 1.29 is 54.4 Å². The lowest BCUT2D eigenvalue weighted by Crippen LogP contribution is -2.58. The highest BCUT2D eigenvalue weighted by Crippen LogP contribution is 2.51. The second-order valence-electron chi connectivity index (χ2n) is 16.2. The molecule has 1 aromatic heterocycles. The normalized spacial score (nSPS) is 24.8. The van der Waals surface area contributed by atoms with E-state index in [-0.39, 0.29) is 41.9 Å². The third-order valence-electron chi connectivity index (χ3n) is 12.0. The molecule has 3 aromatic rings. The van der Waals surface area contributed by atoms with E-state index in [1.807, 2.05) is 19.3 Å². The molecule has 0 aliphatic carbocycles. The third-order valence-corrected chi connectivity index (χ3v) is 12.0. The van der Waals surface area contributed by atoms with Crippen LogP contribution in [-0.2, 0) is 27.4 Å². The van der Waals surface area contributed by atoms with Gasteiger partial charge in [-0.1, -0.05) is 19.1 Å². The number of allylic oxidation sites excluding steroid dienone is 1. The van der Waals surface area contributed by atoms with Crippen LogP contribution < -0.4 is 25.7 Å². The smallest absolute Gasteiger partial charge is 0.220 e. The number of rotatable bonds is 18. The van der Waals surface area contributed by atoms with Crippen molar-refractivity contribution >= 4 is 28.8 Å². The zero-order valence-electron chi connectivity index (χ0n) is 33.5. The number of benzene rings is 2. The number of phenolic OH excluding ortho intramolecular Hbond substituents is 1. The van der Waals surface area contributed by atoms with Crippen LogP contribution in [0.4, 0.5) is 5.69 Å². The Morgan fingerprint density at radius 3 is 2.61 bits per heavy atom. The van der Waals surface area contributed by atoms with Gasteiger partial charge >= 0.3 is 0 Å². The molecule has 318 valence electrons. The Hall–Kier alpha value is -4.65. The third kappa shape index (κ3) is 8.54. The maximum atomic E-state index is 13.7. The number of hydrogen-bond acceptors (Lipinski definition) is 15.